The summed E-state index contributed by atoms with van der Waals surface area (Å²) >= 11 is 1.87. The number of allylic oxidation sites excluding steroid dienone is 2. The van der Waals surface area contributed by atoms with Crippen molar-refractivity contribution in [2.45, 2.75) is 51.0 Å². The van der Waals surface area contributed by atoms with Gasteiger partial charge in [0.15, 0.2) is 5.82 Å². The number of aromatic nitrogens is 2. The number of nitrogens with zero attached hydrogens (tertiary/aromatic N) is 5. The molecule has 1 amide bonds. The number of carbonyl (C=O) groups excluding carboxylic acids is 1. The van der Waals surface area contributed by atoms with Crippen LogP contribution in [0.1, 0.15) is 55.8 Å². The lowest BCUT2D eigenvalue weighted by molar-refractivity contribution is 0.0991. The zero-order valence-electron chi connectivity index (χ0n) is 18.0. The summed E-state index contributed by atoms with van der Waals surface area (Å²) in [5, 5.41) is 14.2. The van der Waals surface area contributed by atoms with E-state index in [0.717, 1.165) is 56.8 Å². The molecule has 1 aliphatic carbocycles. The summed E-state index contributed by atoms with van der Waals surface area (Å²) < 4.78 is 1.81. The molecule has 162 valence electrons. The summed E-state index contributed by atoms with van der Waals surface area (Å²) in [6.45, 7) is 5.11. The second kappa shape index (κ2) is 10.3. The molecule has 30 heavy (non-hydrogen) atoms. The van der Waals surface area contributed by atoms with Gasteiger partial charge in [0.05, 0.1) is 18.0 Å². The van der Waals surface area contributed by atoms with Gasteiger partial charge in [0.1, 0.15) is 5.56 Å². The first-order valence-electron chi connectivity index (χ1n) is 10.7. The van der Waals surface area contributed by atoms with Crippen molar-refractivity contribution in [3.8, 4) is 6.07 Å². The number of nitriles is 1. The molecule has 1 aromatic heterocycles. The standard InChI is InChI=1S/C22H32N6OS/c1-17-5-3-6-18(15-17)25-21-19(20(24)29)16-28(26-21)22(7-10-23)8-12-27(13-9-22)11-4-14-30-2/h3,6,16-17H,4-5,7-9,11-15H2,1-2H3,(H2,24,29). The number of thioether (sulfide) groups is 1. The summed E-state index contributed by atoms with van der Waals surface area (Å²) in [4.78, 5) is 19.2. The Bertz CT molecular complexity index is 844. The maximum atomic E-state index is 12.1. The molecule has 1 atom stereocenters. The van der Waals surface area contributed by atoms with Gasteiger partial charge >= 0.3 is 0 Å². The van der Waals surface area contributed by atoms with Crippen molar-refractivity contribution < 1.29 is 4.79 Å². The molecular weight excluding hydrogens is 396 g/mol. The van der Waals surface area contributed by atoms with Crippen molar-refractivity contribution >= 4 is 29.2 Å². The molecule has 8 heteroatoms. The predicted octanol–water partition coefficient (Wildman–Crippen LogP) is 3.50. The molecule has 2 aliphatic rings. The number of aliphatic imine (C=N–C) groups is 1. The van der Waals surface area contributed by atoms with Crippen molar-refractivity contribution in [3.63, 3.8) is 0 Å². The van der Waals surface area contributed by atoms with Crippen molar-refractivity contribution in [1.82, 2.24) is 14.7 Å². The number of nitrogens with two attached hydrogens (primary N) is 1. The molecule has 0 bridgehead atoms. The van der Waals surface area contributed by atoms with E-state index in [1.54, 1.807) is 6.20 Å². The van der Waals surface area contributed by atoms with Gasteiger partial charge in [-0.2, -0.15) is 22.1 Å². The first-order valence-corrected chi connectivity index (χ1v) is 12.1. The summed E-state index contributed by atoms with van der Waals surface area (Å²) in [6.07, 6.45) is 13.0. The third kappa shape index (κ3) is 5.32. The third-order valence-corrected chi connectivity index (χ3v) is 6.82. The van der Waals surface area contributed by atoms with Crippen LogP contribution in [-0.4, -0.2) is 57.9 Å². The van der Waals surface area contributed by atoms with E-state index < -0.39 is 11.4 Å². The van der Waals surface area contributed by atoms with E-state index in [2.05, 4.69) is 40.3 Å². The minimum absolute atomic E-state index is 0.328. The Kier molecular flexibility index (Phi) is 7.73. The lowest BCUT2D eigenvalue weighted by Gasteiger charge is -2.40. The van der Waals surface area contributed by atoms with E-state index >= 15 is 0 Å². The van der Waals surface area contributed by atoms with Gasteiger partial charge in [-0.25, -0.2) is 4.99 Å². The smallest absolute Gasteiger partial charge is 0.254 e. The Labute approximate surface area is 183 Å². The Morgan fingerprint density at radius 1 is 1.47 bits per heavy atom. The maximum absolute atomic E-state index is 12.1. The lowest BCUT2D eigenvalue weighted by Crippen LogP contribution is -2.46. The number of carbonyl (C=O) groups is 1. The second-order valence-electron chi connectivity index (χ2n) is 8.47. The van der Waals surface area contributed by atoms with E-state index in [0.29, 0.717) is 23.7 Å². The first kappa shape index (κ1) is 22.6. The summed E-state index contributed by atoms with van der Waals surface area (Å²) in [6, 6.07) is 2.34. The van der Waals surface area contributed by atoms with E-state index in [9.17, 15) is 10.1 Å². The van der Waals surface area contributed by atoms with Crippen LogP contribution in [0.25, 0.3) is 0 Å². The van der Waals surface area contributed by atoms with Crippen LogP contribution in [0.2, 0.25) is 0 Å². The van der Waals surface area contributed by atoms with E-state index in [-0.39, 0.29) is 0 Å². The topological polar surface area (TPSA) is 100 Å². The van der Waals surface area contributed by atoms with Crippen LogP contribution < -0.4 is 5.73 Å². The second-order valence-corrected chi connectivity index (χ2v) is 9.46. The Hall–Kier alpha value is -2.11. The molecule has 0 saturated carbocycles. The monoisotopic (exact) mass is 428 g/mol. The molecule has 2 heterocycles. The van der Waals surface area contributed by atoms with Crippen LogP contribution in [0, 0.1) is 17.2 Å². The van der Waals surface area contributed by atoms with Crippen LogP contribution in [0.5, 0.6) is 0 Å². The van der Waals surface area contributed by atoms with Crippen molar-refractivity contribution in [3.05, 3.63) is 23.9 Å². The molecule has 0 spiro atoms. The van der Waals surface area contributed by atoms with Gasteiger partial charge in [0, 0.05) is 25.0 Å². The minimum atomic E-state index is -0.532. The average Bonchev–Trinajstić information content (AvgIpc) is 3.14. The van der Waals surface area contributed by atoms with Crippen LogP contribution >= 0.6 is 11.8 Å². The van der Waals surface area contributed by atoms with Crippen LogP contribution in [0.15, 0.2) is 23.3 Å². The molecule has 2 N–H and O–H groups in total. The van der Waals surface area contributed by atoms with Crippen LogP contribution in [-0.2, 0) is 5.54 Å². The number of likely N-dealkylation sites (tertiary alicyclic amines) is 1. The normalized spacial score (nSPS) is 22.8. The molecule has 1 unspecified atom stereocenters. The van der Waals surface area contributed by atoms with Gasteiger partial charge in [-0.15, -0.1) is 0 Å². The van der Waals surface area contributed by atoms with Gasteiger partial charge < -0.3 is 10.6 Å². The number of hydrogen-bond acceptors (Lipinski definition) is 6. The highest BCUT2D eigenvalue weighted by Gasteiger charge is 2.38. The fourth-order valence-corrected chi connectivity index (χ4v) is 4.71. The zero-order valence-corrected chi connectivity index (χ0v) is 18.8. The van der Waals surface area contributed by atoms with Gasteiger partial charge in [-0.05, 0) is 62.7 Å². The number of rotatable bonds is 8. The highest BCUT2D eigenvalue weighted by Crippen LogP contribution is 2.35. The SMILES string of the molecule is CSCCCN1CCC(CC#N)(n2cc(C(N)=O)c(N=C3C=CCC(C)C3)n2)CC1. The number of hydrogen-bond donors (Lipinski definition) is 1. The number of primary amides is 1. The quantitative estimate of drug-likeness (QED) is 0.639. The van der Waals surface area contributed by atoms with Gasteiger partial charge in [0.25, 0.3) is 5.91 Å². The maximum Gasteiger partial charge on any atom is 0.254 e. The summed E-state index contributed by atoms with van der Waals surface area (Å²) in [5.74, 6) is 1.52. The molecule has 7 nitrogen and oxygen atoms in total. The first-order chi connectivity index (χ1) is 14.5. The Morgan fingerprint density at radius 3 is 2.87 bits per heavy atom. The molecule has 1 aromatic rings. The molecular formula is C22H32N6OS. The lowest BCUT2D eigenvalue weighted by atomic mass is 9.85. The fourth-order valence-electron chi connectivity index (χ4n) is 4.29. The van der Waals surface area contributed by atoms with Gasteiger partial charge in [-0.3, -0.25) is 9.48 Å². The third-order valence-electron chi connectivity index (χ3n) is 6.12. The molecule has 1 aliphatic heterocycles. The molecule has 1 saturated heterocycles. The summed E-state index contributed by atoms with van der Waals surface area (Å²) in [7, 11) is 0. The predicted molar refractivity (Wildman–Crippen MR) is 122 cm³/mol. The van der Waals surface area contributed by atoms with Crippen molar-refractivity contribution in [2.75, 3.05) is 31.6 Å². The Morgan fingerprint density at radius 2 is 2.23 bits per heavy atom. The fraction of sp³-hybridized carbons (Fsp3) is 0.636. The van der Waals surface area contributed by atoms with Crippen molar-refractivity contribution in [2.24, 2.45) is 16.6 Å². The highest BCUT2D eigenvalue weighted by atomic mass is 32.2. The number of amides is 1. The average molecular weight is 429 g/mol. The molecule has 0 radical (unpaired) electrons. The van der Waals surface area contributed by atoms with E-state index in [1.165, 1.54) is 6.42 Å². The van der Waals surface area contributed by atoms with Crippen LogP contribution in [0.4, 0.5) is 5.82 Å². The molecule has 1 fully saturated rings. The minimum Gasteiger partial charge on any atom is -0.365 e. The zero-order chi connectivity index (χ0) is 21.6. The largest absolute Gasteiger partial charge is 0.365 e. The van der Waals surface area contributed by atoms with Crippen LogP contribution in [0.3, 0.4) is 0 Å². The van der Waals surface area contributed by atoms with Gasteiger partial charge in [0.2, 0.25) is 0 Å². The van der Waals surface area contributed by atoms with E-state index in [1.807, 2.05) is 22.5 Å². The number of piperidine rings is 1. The van der Waals surface area contributed by atoms with E-state index in [4.69, 9.17) is 5.73 Å². The highest BCUT2D eigenvalue weighted by molar-refractivity contribution is 7.98. The molecule has 3 rings (SSSR count). The Balaban J connectivity index is 1.85. The molecule has 0 aromatic carbocycles. The van der Waals surface area contributed by atoms with Gasteiger partial charge in [-0.1, -0.05) is 13.0 Å². The van der Waals surface area contributed by atoms with Crippen molar-refractivity contribution in [1.29, 1.82) is 5.26 Å². The summed E-state index contributed by atoms with van der Waals surface area (Å²) in [5.41, 5.74) is 6.47.